The lowest BCUT2D eigenvalue weighted by Crippen LogP contribution is -2.03. The van der Waals surface area contributed by atoms with Crippen molar-refractivity contribution in [3.63, 3.8) is 0 Å². The highest BCUT2D eigenvalue weighted by Crippen LogP contribution is 2.18. The van der Waals surface area contributed by atoms with Gasteiger partial charge < -0.3 is 13.9 Å². The number of benzene rings is 1. The summed E-state index contributed by atoms with van der Waals surface area (Å²) in [7, 11) is 0. The SMILES string of the molecule is CCCCCCCCCCCCCCOc1ccc(C(=O)OCc2ccccc2)o1. The van der Waals surface area contributed by atoms with Gasteiger partial charge in [0.05, 0.1) is 6.61 Å². The number of unbranched alkanes of at least 4 members (excludes halogenated alkanes) is 11. The predicted octanol–water partition coefficient (Wildman–Crippen LogP) is 7.72. The lowest BCUT2D eigenvalue weighted by atomic mass is 10.1. The maximum atomic E-state index is 12.0. The standard InChI is InChI=1S/C26H38O4/c1-2-3-4-5-6-7-8-9-10-11-12-16-21-28-25-20-19-24(30-25)26(27)29-22-23-17-14-13-15-18-23/h13-15,17-20H,2-12,16,21-22H2,1H3. The summed E-state index contributed by atoms with van der Waals surface area (Å²) in [6.07, 6.45) is 15.8. The summed E-state index contributed by atoms with van der Waals surface area (Å²) in [6.45, 7) is 3.11. The summed E-state index contributed by atoms with van der Waals surface area (Å²) in [6, 6.07) is 12.9. The Labute approximate surface area is 182 Å². The summed E-state index contributed by atoms with van der Waals surface area (Å²) in [5.41, 5.74) is 0.945. The van der Waals surface area contributed by atoms with Gasteiger partial charge in [-0.1, -0.05) is 108 Å². The van der Waals surface area contributed by atoms with Gasteiger partial charge in [0.1, 0.15) is 6.61 Å². The second kappa shape index (κ2) is 15.6. The fraction of sp³-hybridized carbons (Fsp3) is 0.577. The highest BCUT2D eigenvalue weighted by atomic mass is 16.6. The van der Waals surface area contributed by atoms with Gasteiger partial charge in [-0.3, -0.25) is 0 Å². The van der Waals surface area contributed by atoms with E-state index in [2.05, 4.69) is 6.92 Å². The largest absolute Gasteiger partial charge is 0.465 e. The third-order valence-electron chi connectivity index (χ3n) is 5.24. The smallest absolute Gasteiger partial charge is 0.374 e. The molecule has 0 aliphatic carbocycles. The Hall–Kier alpha value is -2.23. The van der Waals surface area contributed by atoms with Gasteiger partial charge >= 0.3 is 5.97 Å². The summed E-state index contributed by atoms with van der Waals surface area (Å²) in [4.78, 5) is 12.0. The van der Waals surface area contributed by atoms with E-state index in [1.165, 1.54) is 70.6 Å². The summed E-state index contributed by atoms with van der Waals surface area (Å²) < 4.78 is 16.3. The van der Waals surface area contributed by atoms with Crippen molar-refractivity contribution in [3.8, 4) is 5.95 Å². The lowest BCUT2D eigenvalue weighted by Gasteiger charge is -2.04. The fourth-order valence-electron chi connectivity index (χ4n) is 3.42. The van der Waals surface area contributed by atoms with Crippen LogP contribution in [0, 0.1) is 0 Å². The summed E-state index contributed by atoms with van der Waals surface area (Å²) >= 11 is 0. The molecule has 0 saturated carbocycles. The van der Waals surface area contributed by atoms with Crippen molar-refractivity contribution in [1.29, 1.82) is 0 Å². The third kappa shape index (κ3) is 10.5. The van der Waals surface area contributed by atoms with Crippen LogP contribution in [0.25, 0.3) is 0 Å². The Balaban J connectivity index is 1.45. The maximum Gasteiger partial charge on any atom is 0.374 e. The zero-order valence-electron chi connectivity index (χ0n) is 18.6. The van der Waals surface area contributed by atoms with Crippen molar-refractivity contribution in [2.75, 3.05) is 6.61 Å². The molecule has 4 nitrogen and oxygen atoms in total. The van der Waals surface area contributed by atoms with Crippen LogP contribution in [-0.2, 0) is 11.3 Å². The van der Waals surface area contributed by atoms with Gasteiger partial charge in [0.25, 0.3) is 5.95 Å². The summed E-state index contributed by atoms with van der Waals surface area (Å²) in [5, 5.41) is 0. The second-order valence-electron chi connectivity index (χ2n) is 7.92. The van der Waals surface area contributed by atoms with Crippen molar-refractivity contribution in [3.05, 3.63) is 53.8 Å². The van der Waals surface area contributed by atoms with Crippen molar-refractivity contribution in [2.24, 2.45) is 0 Å². The molecular formula is C26H38O4. The number of rotatable bonds is 17. The third-order valence-corrected chi connectivity index (χ3v) is 5.24. The number of carbonyl (C=O) groups excluding carboxylic acids is 1. The van der Waals surface area contributed by atoms with Crippen LogP contribution in [-0.4, -0.2) is 12.6 Å². The molecule has 0 saturated heterocycles. The molecule has 166 valence electrons. The molecule has 0 bridgehead atoms. The minimum atomic E-state index is -0.473. The first kappa shape index (κ1) is 24.0. The van der Waals surface area contributed by atoms with Crippen LogP contribution in [0.5, 0.6) is 5.95 Å². The second-order valence-corrected chi connectivity index (χ2v) is 7.92. The molecule has 1 aromatic heterocycles. The minimum Gasteiger partial charge on any atom is -0.465 e. The molecule has 0 N–H and O–H groups in total. The summed E-state index contributed by atoms with van der Waals surface area (Å²) in [5.74, 6) is 0.0828. The minimum absolute atomic E-state index is 0.177. The van der Waals surface area contributed by atoms with Crippen LogP contribution in [0.3, 0.4) is 0 Å². The normalized spacial score (nSPS) is 10.8. The van der Waals surface area contributed by atoms with Gasteiger partial charge in [0.15, 0.2) is 0 Å². The number of esters is 1. The van der Waals surface area contributed by atoms with E-state index in [9.17, 15) is 4.79 Å². The first-order chi connectivity index (χ1) is 14.8. The predicted molar refractivity (Wildman–Crippen MR) is 121 cm³/mol. The van der Waals surface area contributed by atoms with Crippen LogP contribution < -0.4 is 4.74 Å². The van der Waals surface area contributed by atoms with Crippen molar-refractivity contribution < 1.29 is 18.7 Å². The Morgan fingerprint density at radius 2 is 1.37 bits per heavy atom. The van der Waals surface area contributed by atoms with Crippen LogP contribution >= 0.6 is 0 Å². The molecule has 30 heavy (non-hydrogen) atoms. The Kier molecular flexibility index (Phi) is 12.5. The topological polar surface area (TPSA) is 48.7 Å². The molecule has 0 aliphatic heterocycles. The van der Waals surface area contributed by atoms with E-state index in [0.29, 0.717) is 12.6 Å². The van der Waals surface area contributed by atoms with Crippen molar-refractivity contribution in [2.45, 2.75) is 90.6 Å². The lowest BCUT2D eigenvalue weighted by molar-refractivity contribution is 0.0428. The Bertz CT molecular complexity index is 677. The van der Waals surface area contributed by atoms with Gasteiger partial charge in [-0.05, 0) is 18.1 Å². The van der Waals surface area contributed by atoms with Crippen LogP contribution in [0.15, 0.2) is 46.9 Å². The van der Waals surface area contributed by atoms with Crippen LogP contribution in [0.1, 0.15) is 100 Å². The van der Waals surface area contributed by atoms with E-state index < -0.39 is 5.97 Å². The molecule has 4 heteroatoms. The number of hydrogen-bond donors (Lipinski definition) is 0. The maximum absolute atomic E-state index is 12.0. The molecular weight excluding hydrogens is 376 g/mol. The number of furan rings is 1. The molecule has 0 aliphatic rings. The van der Waals surface area contributed by atoms with Gasteiger partial charge in [-0.25, -0.2) is 4.79 Å². The highest BCUT2D eigenvalue weighted by Gasteiger charge is 2.13. The average Bonchev–Trinajstić information content (AvgIpc) is 3.25. The van der Waals surface area contributed by atoms with Gasteiger partial charge in [-0.15, -0.1) is 0 Å². The molecule has 0 fully saturated rings. The highest BCUT2D eigenvalue weighted by molar-refractivity contribution is 5.86. The van der Waals surface area contributed by atoms with Crippen LogP contribution in [0.4, 0.5) is 0 Å². The first-order valence-electron chi connectivity index (χ1n) is 11.7. The van der Waals surface area contributed by atoms with E-state index in [1.54, 1.807) is 12.1 Å². The first-order valence-corrected chi connectivity index (χ1v) is 11.7. The number of ether oxygens (including phenoxy) is 2. The molecule has 1 aromatic carbocycles. The Morgan fingerprint density at radius 1 is 0.767 bits per heavy atom. The van der Waals surface area contributed by atoms with Gasteiger partial charge in [0, 0.05) is 6.07 Å². The fourth-order valence-corrected chi connectivity index (χ4v) is 3.42. The van der Waals surface area contributed by atoms with Crippen molar-refractivity contribution in [1.82, 2.24) is 0 Å². The van der Waals surface area contributed by atoms with Crippen LogP contribution in [0.2, 0.25) is 0 Å². The van der Waals surface area contributed by atoms with Gasteiger partial charge in [-0.2, -0.15) is 0 Å². The molecule has 1 heterocycles. The monoisotopic (exact) mass is 414 g/mol. The molecule has 0 atom stereocenters. The molecule has 0 unspecified atom stereocenters. The van der Waals surface area contributed by atoms with E-state index in [-0.39, 0.29) is 12.4 Å². The van der Waals surface area contributed by atoms with E-state index >= 15 is 0 Å². The zero-order valence-corrected chi connectivity index (χ0v) is 18.6. The van der Waals surface area contributed by atoms with E-state index in [4.69, 9.17) is 13.9 Å². The molecule has 2 rings (SSSR count). The van der Waals surface area contributed by atoms with Gasteiger partial charge in [0.2, 0.25) is 5.76 Å². The Morgan fingerprint density at radius 3 is 2.00 bits per heavy atom. The van der Waals surface area contributed by atoms with Crippen molar-refractivity contribution >= 4 is 5.97 Å². The number of hydrogen-bond acceptors (Lipinski definition) is 4. The molecule has 0 spiro atoms. The molecule has 2 aromatic rings. The number of carbonyl (C=O) groups is 1. The van der Waals surface area contributed by atoms with E-state index in [0.717, 1.165) is 12.0 Å². The molecule has 0 amide bonds. The zero-order chi connectivity index (χ0) is 21.3. The quantitative estimate of drug-likeness (QED) is 0.196. The van der Waals surface area contributed by atoms with E-state index in [1.807, 2.05) is 30.3 Å². The average molecular weight is 415 g/mol. The molecule has 0 radical (unpaired) electrons.